The summed E-state index contributed by atoms with van der Waals surface area (Å²) in [4.78, 5) is 0. The van der Waals surface area contributed by atoms with Crippen molar-refractivity contribution < 1.29 is 5.11 Å². The lowest BCUT2D eigenvalue weighted by molar-refractivity contribution is 0.130. The minimum atomic E-state index is 0.353. The van der Waals surface area contributed by atoms with Crippen LogP contribution in [-0.4, -0.2) is 23.8 Å². The molecular weight excluding hydrogens is 246 g/mol. The van der Waals surface area contributed by atoms with E-state index in [0.29, 0.717) is 24.6 Å². The second-order valence-corrected chi connectivity index (χ2v) is 6.78. The Morgan fingerprint density at radius 2 is 1.80 bits per heavy atom. The zero-order valence-electron chi connectivity index (χ0n) is 12.5. The Kier molecular flexibility index (Phi) is 4.42. The quantitative estimate of drug-likeness (QED) is 0.881. The molecule has 110 valence electrons. The van der Waals surface area contributed by atoms with E-state index in [4.69, 9.17) is 0 Å². The maximum Gasteiger partial charge on any atom is 0.0474 e. The van der Waals surface area contributed by atoms with E-state index in [1.807, 2.05) is 0 Å². The van der Waals surface area contributed by atoms with Crippen molar-refractivity contribution in [1.29, 1.82) is 0 Å². The van der Waals surface area contributed by atoms with Gasteiger partial charge in [-0.2, -0.15) is 0 Å². The summed E-state index contributed by atoms with van der Waals surface area (Å²) in [6, 6.07) is 10.2. The van der Waals surface area contributed by atoms with Crippen LogP contribution in [0.15, 0.2) is 24.3 Å². The molecule has 0 radical (unpaired) electrons. The highest BCUT2D eigenvalue weighted by atomic mass is 16.3. The van der Waals surface area contributed by atoms with Crippen LogP contribution in [0.5, 0.6) is 0 Å². The molecular formula is C18H27NO. The molecule has 0 heterocycles. The number of rotatable bonds is 4. The fourth-order valence-electron chi connectivity index (χ4n) is 3.81. The molecule has 2 aliphatic rings. The number of hydrogen-bond acceptors (Lipinski definition) is 2. The summed E-state index contributed by atoms with van der Waals surface area (Å²) in [6.07, 6.45) is 7.58. The van der Waals surface area contributed by atoms with Gasteiger partial charge in [-0.25, -0.2) is 0 Å². The Balaban J connectivity index is 1.49. The van der Waals surface area contributed by atoms with Crippen molar-refractivity contribution in [1.82, 2.24) is 5.32 Å². The van der Waals surface area contributed by atoms with E-state index < -0.39 is 0 Å². The van der Waals surface area contributed by atoms with E-state index in [2.05, 4.69) is 36.5 Å². The summed E-state index contributed by atoms with van der Waals surface area (Å²) in [5.41, 5.74) is 2.84. The second kappa shape index (κ2) is 6.28. The Labute approximate surface area is 122 Å². The zero-order valence-corrected chi connectivity index (χ0v) is 12.5. The van der Waals surface area contributed by atoms with Gasteiger partial charge in [0.1, 0.15) is 0 Å². The highest BCUT2D eigenvalue weighted by Crippen LogP contribution is 2.38. The average molecular weight is 273 g/mol. The summed E-state index contributed by atoms with van der Waals surface area (Å²) in [5, 5.41) is 13.3. The van der Waals surface area contributed by atoms with Gasteiger partial charge in [0.25, 0.3) is 0 Å². The van der Waals surface area contributed by atoms with Gasteiger partial charge < -0.3 is 10.4 Å². The third kappa shape index (κ3) is 3.07. The number of nitrogens with one attached hydrogen (secondary N) is 1. The van der Waals surface area contributed by atoms with Crippen LogP contribution in [0.4, 0.5) is 0 Å². The van der Waals surface area contributed by atoms with Gasteiger partial charge in [-0.05, 0) is 50.0 Å². The first-order chi connectivity index (χ1) is 9.76. The van der Waals surface area contributed by atoms with Crippen LogP contribution >= 0.6 is 0 Å². The highest BCUT2D eigenvalue weighted by molar-refractivity contribution is 5.26. The van der Waals surface area contributed by atoms with Gasteiger partial charge in [0, 0.05) is 18.7 Å². The smallest absolute Gasteiger partial charge is 0.0474 e. The lowest BCUT2D eigenvalue weighted by Crippen LogP contribution is -2.50. The first-order valence-corrected chi connectivity index (χ1v) is 8.19. The van der Waals surface area contributed by atoms with Gasteiger partial charge in [-0.1, -0.05) is 42.7 Å². The second-order valence-electron chi connectivity index (χ2n) is 6.78. The highest BCUT2D eigenvalue weighted by Gasteiger charge is 2.34. The fourth-order valence-corrected chi connectivity index (χ4v) is 3.81. The van der Waals surface area contributed by atoms with Crippen molar-refractivity contribution in [2.45, 2.75) is 63.5 Å². The molecule has 20 heavy (non-hydrogen) atoms. The Morgan fingerprint density at radius 3 is 2.50 bits per heavy atom. The summed E-state index contributed by atoms with van der Waals surface area (Å²) in [7, 11) is 0. The van der Waals surface area contributed by atoms with Crippen molar-refractivity contribution in [2.75, 3.05) is 6.61 Å². The molecule has 0 aliphatic heterocycles. The van der Waals surface area contributed by atoms with Gasteiger partial charge in [-0.3, -0.25) is 0 Å². The molecule has 1 aromatic rings. The van der Waals surface area contributed by atoms with Crippen LogP contribution in [0.25, 0.3) is 0 Å². The molecule has 2 saturated carbocycles. The lowest BCUT2D eigenvalue weighted by Gasteiger charge is -2.42. The molecule has 0 saturated heterocycles. The van der Waals surface area contributed by atoms with E-state index >= 15 is 0 Å². The van der Waals surface area contributed by atoms with Crippen molar-refractivity contribution in [3.05, 3.63) is 35.4 Å². The number of aliphatic hydroxyl groups is 1. The number of aryl methyl sites for hydroxylation is 1. The summed E-state index contributed by atoms with van der Waals surface area (Å²) >= 11 is 0. The van der Waals surface area contributed by atoms with Crippen LogP contribution in [0.1, 0.15) is 55.6 Å². The van der Waals surface area contributed by atoms with Gasteiger partial charge in [0.2, 0.25) is 0 Å². The standard InChI is InChI=1S/C18H27NO/c1-13-6-8-14(9-7-13)16-10-17(11-16)19-18-5-3-2-4-15(18)12-20/h6-9,15-20H,2-5,10-12H2,1H3. The largest absolute Gasteiger partial charge is 0.396 e. The number of benzene rings is 1. The Morgan fingerprint density at radius 1 is 1.10 bits per heavy atom. The molecule has 2 N–H and O–H groups in total. The third-order valence-electron chi connectivity index (χ3n) is 5.28. The molecule has 3 rings (SSSR count). The first-order valence-electron chi connectivity index (χ1n) is 8.19. The minimum absolute atomic E-state index is 0.353. The molecule has 1 aromatic carbocycles. The minimum Gasteiger partial charge on any atom is -0.396 e. The zero-order chi connectivity index (χ0) is 13.9. The molecule has 2 aliphatic carbocycles. The van der Waals surface area contributed by atoms with Gasteiger partial charge in [0.15, 0.2) is 0 Å². The van der Waals surface area contributed by atoms with Crippen molar-refractivity contribution in [2.24, 2.45) is 5.92 Å². The van der Waals surface area contributed by atoms with Crippen LogP contribution in [0, 0.1) is 12.8 Å². The third-order valence-corrected chi connectivity index (χ3v) is 5.28. The van der Waals surface area contributed by atoms with Crippen molar-refractivity contribution in [3.8, 4) is 0 Å². The monoisotopic (exact) mass is 273 g/mol. The van der Waals surface area contributed by atoms with E-state index in [1.54, 1.807) is 0 Å². The molecule has 0 aromatic heterocycles. The molecule has 2 fully saturated rings. The average Bonchev–Trinajstić information content (AvgIpc) is 2.44. The predicted molar refractivity (Wildman–Crippen MR) is 82.9 cm³/mol. The molecule has 2 nitrogen and oxygen atoms in total. The van der Waals surface area contributed by atoms with E-state index in [9.17, 15) is 5.11 Å². The summed E-state index contributed by atoms with van der Waals surface area (Å²) in [6.45, 7) is 2.50. The van der Waals surface area contributed by atoms with Crippen LogP contribution < -0.4 is 5.32 Å². The molecule has 0 spiro atoms. The van der Waals surface area contributed by atoms with Gasteiger partial charge in [-0.15, -0.1) is 0 Å². The molecule has 2 atom stereocenters. The SMILES string of the molecule is Cc1ccc(C2CC(NC3CCCCC3CO)C2)cc1. The first kappa shape index (κ1) is 14.1. The summed E-state index contributed by atoms with van der Waals surface area (Å²) < 4.78 is 0. The van der Waals surface area contributed by atoms with E-state index in [0.717, 1.165) is 5.92 Å². The summed E-state index contributed by atoms with van der Waals surface area (Å²) in [5.74, 6) is 1.23. The van der Waals surface area contributed by atoms with Crippen molar-refractivity contribution >= 4 is 0 Å². The van der Waals surface area contributed by atoms with Gasteiger partial charge >= 0.3 is 0 Å². The Hall–Kier alpha value is -0.860. The predicted octanol–water partition coefficient (Wildman–Crippen LogP) is 3.38. The maximum absolute atomic E-state index is 9.48. The molecule has 2 unspecified atom stereocenters. The van der Waals surface area contributed by atoms with Crippen LogP contribution in [0.3, 0.4) is 0 Å². The van der Waals surface area contributed by atoms with Crippen LogP contribution in [-0.2, 0) is 0 Å². The van der Waals surface area contributed by atoms with Crippen LogP contribution in [0.2, 0.25) is 0 Å². The number of aliphatic hydroxyl groups excluding tert-OH is 1. The Bertz CT molecular complexity index is 422. The fraction of sp³-hybridized carbons (Fsp3) is 0.667. The normalized spacial score (nSPS) is 33.7. The molecule has 0 amide bonds. The lowest BCUT2D eigenvalue weighted by atomic mass is 9.74. The number of hydrogen-bond donors (Lipinski definition) is 2. The topological polar surface area (TPSA) is 32.3 Å². The van der Waals surface area contributed by atoms with E-state index in [-0.39, 0.29) is 0 Å². The van der Waals surface area contributed by atoms with Gasteiger partial charge in [0.05, 0.1) is 0 Å². The maximum atomic E-state index is 9.48. The molecule has 2 heteroatoms. The van der Waals surface area contributed by atoms with Crippen molar-refractivity contribution in [3.63, 3.8) is 0 Å². The molecule has 0 bridgehead atoms. The van der Waals surface area contributed by atoms with E-state index in [1.165, 1.54) is 49.7 Å².